The number of hydrogen-bond acceptors (Lipinski definition) is 5. The van der Waals surface area contributed by atoms with Gasteiger partial charge in [-0.05, 0) is 42.5 Å². The number of ether oxygens (including phenoxy) is 1. The molecule has 2 amide bonds. The van der Waals surface area contributed by atoms with E-state index >= 15 is 0 Å². The summed E-state index contributed by atoms with van der Waals surface area (Å²) < 4.78 is 43.4. The van der Waals surface area contributed by atoms with Gasteiger partial charge in [0.25, 0.3) is 11.8 Å². The first-order chi connectivity index (χ1) is 14.2. The quantitative estimate of drug-likeness (QED) is 0.678. The molecule has 1 N–H and O–H groups in total. The number of thiophene rings is 1. The summed E-state index contributed by atoms with van der Waals surface area (Å²) in [5.74, 6) is -1.88. The third kappa shape index (κ3) is 5.11. The minimum atomic E-state index is -4.60. The number of nitrogens with one attached hydrogen (secondary N) is 1. The summed E-state index contributed by atoms with van der Waals surface area (Å²) in [6.45, 7) is -0.328. The van der Waals surface area contributed by atoms with Gasteiger partial charge in [0, 0.05) is 6.54 Å². The fourth-order valence-corrected chi connectivity index (χ4v) is 3.86. The first-order valence-corrected chi connectivity index (χ1v) is 10.1. The van der Waals surface area contributed by atoms with Gasteiger partial charge in [0.1, 0.15) is 6.04 Å². The van der Waals surface area contributed by atoms with Crippen LogP contribution in [0, 0.1) is 0 Å². The Hall–Kier alpha value is -2.59. The maximum Gasteiger partial charge on any atom is 0.416 e. The monoisotopic (exact) mass is 460 g/mol. The van der Waals surface area contributed by atoms with Crippen molar-refractivity contribution in [3.05, 3.63) is 51.2 Å². The number of carbonyl (C=O) groups is 3. The molecule has 0 spiro atoms. The molecule has 3 rings (SSSR count). The van der Waals surface area contributed by atoms with Crippen LogP contribution in [-0.4, -0.2) is 41.9 Å². The number of halogens is 4. The fourth-order valence-electron chi connectivity index (χ4n) is 3.01. The van der Waals surface area contributed by atoms with Gasteiger partial charge in [-0.3, -0.25) is 9.59 Å². The smallest absolute Gasteiger partial charge is 0.416 e. The van der Waals surface area contributed by atoms with Crippen LogP contribution in [0.15, 0.2) is 35.7 Å². The molecule has 1 atom stereocenters. The lowest BCUT2D eigenvalue weighted by Crippen LogP contribution is -2.41. The molecule has 1 unspecified atom stereocenters. The van der Waals surface area contributed by atoms with Crippen molar-refractivity contribution in [1.29, 1.82) is 0 Å². The van der Waals surface area contributed by atoms with E-state index in [1.807, 2.05) is 0 Å². The molecule has 1 aliphatic heterocycles. The summed E-state index contributed by atoms with van der Waals surface area (Å²) in [5.41, 5.74) is -1.23. The summed E-state index contributed by atoms with van der Waals surface area (Å²) in [5, 5.41) is 3.86. The molecular weight excluding hydrogens is 445 g/mol. The SMILES string of the molecule is O=C(COC(=O)C1CCCN1C(=O)c1cccs1)Nc1cc(C(F)(F)F)ccc1Cl. The van der Waals surface area contributed by atoms with E-state index in [9.17, 15) is 27.6 Å². The molecule has 1 saturated heterocycles. The van der Waals surface area contributed by atoms with E-state index in [1.54, 1.807) is 17.5 Å². The number of amides is 2. The zero-order chi connectivity index (χ0) is 21.9. The lowest BCUT2D eigenvalue weighted by atomic mass is 10.2. The maximum atomic E-state index is 12.8. The van der Waals surface area contributed by atoms with E-state index in [4.69, 9.17) is 16.3 Å². The Balaban J connectivity index is 1.58. The van der Waals surface area contributed by atoms with Crippen molar-refractivity contribution >= 4 is 46.4 Å². The molecule has 160 valence electrons. The number of hydrogen-bond donors (Lipinski definition) is 1. The highest BCUT2D eigenvalue weighted by atomic mass is 35.5. The highest BCUT2D eigenvalue weighted by Gasteiger charge is 2.36. The highest BCUT2D eigenvalue weighted by Crippen LogP contribution is 2.33. The van der Waals surface area contributed by atoms with Crippen LogP contribution >= 0.6 is 22.9 Å². The summed E-state index contributed by atoms with van der Waals surface area (Å²) >= 11 is 7.08. The van der Waals surface area contributed by atoms with Crippen molar-refractivity contribution in [1.82, 2.24) is 4.90 Å². The maximum absolute atomic E-state index is 12.8. The number of rotatable bonds is 5. The van der Waals surface area contributed by atoms with Crippen LogP contribution in [0.1, 0.15) is 28.1 Å². The Kier molecular flexibility index (Phi) is 6.67. The van der Waals surface area contributed by atoms with Crippen LogP contribution in [-0.2, 0) is 20.5 Å². The van der Waals surface area contributed by atoms with Crippen LogP contribution in [0.25, 0.3) is 0 Å². The standard InChI is InChI=1S/C19H16ClF3N2O4S/c20-12-6-5-11(19(21,22)23)9-13(12)24-16(26)10-29-18(28)14-3-1-7-25(14)17(27)15-4-2-8-30-15/h2,4-6,8-9,14H,1,3,7,10H2,(H,24,26). The Morgan fingerprint density at radius 1 is 1.27 bits per heavy atom. The van der Waals surface area contributed by atoms with E-state index < -0.39 is 36.3 Å². The number of anilines is 1. The van der Waals surface area contributed by atoms with Crippen LogP contribution < -0.4 is 5.32 Å². The molecule has 30 heavy (non-hydrogen) atoms. The predicted molar refractivity (Wildman–Crippen MR) is 104 cm³/mol. The minimum Gasteiger partial charge on any atom is -0.454 e. The molecule has 1 fully saturated rings. The summed E-state index contributed by atoms with van der Waals surface area (Å²) in [7, 11) is 0. The number of likely N-dealkylation sites (tertiary alicyclic amines) is 1. The first kappa shape index (κ1) is 22.1. The van der Waals surface area contributed by atoms with Crippen LogP contribution in [0.5, 0.6) is 0 Å². The summed E-state index contributed by atoms with van der Waals surface area (Å²) in [4.78, 5) is 38.8. The van der Waals surface area contributed by atoms with Gasteiger partial charge in [0.2, 0.25) is 0 Å². The molecular formula is C19H16ClF3N2O4S. The van der Waals surface area contributed by atoms with Gasteiger partial charge in [-0.1, -0.05) is 17.7 Å². The average Bonchev–Trinajstić information content (AvgIpc) is 3.38. The Morgan fingerprint density at radius 3 is 2.70 bits per heavy atom. The topological polar surface area (TPSA) is 75.7 Å². The van der Waals surface area contributed by atoms with E-state index in [-0.39, 0.29) is 16.6 Å². The van der Waals surface area contributed by atoms with Crippen molar-refractivity contribution in [3.63, 3.8) is 0 Å². The Bertz CT molecular complexity index is 950. The molecule has 0 radical (unpaired) electrons. The fraction of sp³-hybridized carbons (Fsp3) is 0.316. The molecule has 0 aliphatic carbocycles. The largest absolute Gasteiger partial charge is 0.454 e. The van der Waals surface area contributed by atoms with Crippen molar-refractivity contribution in [2.24, 2.45) is 0 Å². The van der Waals surface area contributed by atoms with Gasteiger partial charge in [-0.2, -0.15) is 13.2 Å². The van der Waals surface area contributed by atoms with Crippen molar-refractivity contribution in [2.75, 3.05) is 18.5 Å². The van der Waals surface area contributed by atoms with Crippen LogP contribution in [0.4, 0.5) is 18.9 Å². The zero-order valence-electron chi connectivity index (χ0n) is 15.4. The lowest BCUT2D eigenvalue weighted by molar-refractivity contribution is -0.151. The van der Waals surface area contributed by atoms with Gasteiger partial charge in [-0.15, -0.1) is 11.3 Å². The van der Waals surface area contributed by atoms with Crippen molar-refractivity contribution in [2.45, 2.75) is 25.1 Å². The predicted octanol–water partition coefficient (Wildman–Crippen LogP) is 4.21. The van der Waals surface area contributed by atoms with Gasteiger partial charge in [0.05, 0.1) is 21.2 Å². The third-order valence-corrected chi connectivity index (χ3v) is 5.62. The molecule has 1 aromatic carbocycles. The van der Waals surface area contributed by atoms with E-state index in [2.05, 4.69) is 5.32 Å². The van der Waals surface area contributed by atoms with Crippen LogP contribution in [0.3, 0.4) is 0 Å². The molecule has 2 aromatic rings. The first-order valence-electron chi connectivity index (χ1n) is 8.84. The normalized spacial score (nSPS) is 16.4. The minimum absolute atomic E-state index is 0.0915. The molecule has 2 heterocycles. The molecule has 11 heteroatoms. The number of benzene rings is 1. The lowest BCUT2D eigenvalue weighted by Gasteiger charge is -2.22. The van der Waals surface area contributed by atoms with E-state index in [1.165, 1.54) is 16.2 Å². The number of alkyl halides is 3. The molecule has 1 aliphatic rings. The second-order valence-corrected chi connectivity index (χ2v) is 7.84. The summed E-state index contributed by atoms with van der Waals surface area (Å²) in [6, 6.07) is 5.06. The van der Waals surface area contributed by atoms with Gasteiger partial charge in [-0.25, -0.2) is 4.79 Å². The number of esters is 1. The van der Waals surface area contributed by atoms with Gasteiger partial charge in [0.15, 0.2) is 6.61 Å². The van der Waals surface area contributed by atoms with Gasteiger partial charge >= 0.3 is 12.1 Å². The highest BCUT2D eigenvalue weighted by molar-refractivity contribution is 7.12. The zero-order valence-corrected chi connectivity index (χ0v) is 16.9. The number of nitrogens with zero attached hydrogens (tertiary/aromatic N) is 1. The molecule has 6 nitrogen and oxygen atoms in total. The Morgan fingerprint density at radius 2 is 2.03 bits per heavy atom. The van der Waals surface area contributed by atoms with E-state index in [0.717, 1.165) is 12.1 Å². The second-order valence-electron chi connectivity index (χ2n) is 6.48. The summed E-state index contributed by atoms with van der Waals surface area (Å²) in [6.07, 6.45) is -3.59. The van der Waals surface area contributed by atoms with E-state index in [0.29, 0.717) is 30.3 Å². The molecule has 0 bridgehead atoms. The molecule has 0 saturated carbocycles. The number of carbonyl (C=O) groups excluding carboxylic acids is 3. The van der Waals surface area contributed by atoms with Gasteiger partial charge < -0.3 is 15.0 Å². The van der Waals surface area contributed by atoms with Crippen molar-refractivity contribution < 1.29 is 32.3 Å². The van der Waals surface area contributed by atoms with Crippen molar-refractivity contribution in [3.8, 4) is 0 Å². The Labute approximate surface area is 178 Å². The van der Waals surface area contributed by atoms with Crippen LogP contribution in [0.2, 0.25) is 5.02 Å². The second kappa shape index (κ2) is 9.05. The molecule has 1 aromatic heterocycles. The average molecular weight is 461 g/mol. The third-order valence-electron chi connectivity index (χ3n) is 4.43.